The highest BCUT2D eigenvalue weighted by atomic mass is 15.2. The van der Waals surface area contributed by atoms with E-state index in [2.05, 4.69) is 30.1 Å². The minimum absolute atomic E-state index is 0.624. The van der Waals surface area contributed by atoms with Crippen LogP contribution in [0, 0.1) is 6.92 Å². The van der Waals surface area contributed by atoms with Gasteiger partial charge in [0, 0.05) is 30.4 Å². The summed E-state index contributed by atoms with van der Waals surface area (Å²) < 4.78 is 0. The van der Waals surface area contributed by atoms with Gasteiger partial charge in [-0.25, -0.2) is 9.97 Å². The Morgan fingerprint density at radius 1 is 0.742 bits per heavy atom. The molecule has 0 saturated carbocycles. The van der Waals surface area contributed by atoms with Gasteiger partial charge in [0.25, 0.3) is 0 Å². The maximum Gasteiger partial charge on any atom is 0.161 e. The molecule has 6 heterocycles. The average Bonchev–Trinajstić information content (AvgIpc) is 3.43. The summed E-state index contributed by atoms with van der Waals surface area (Å²) in [7, 11) is 0. The first-order valence-electron chi connectivity index (χ1n) is 9.80. The number of nitrogens with zero attached hydrogens (tertiary/aromatic N) is 6. The second-order valence-electron chi connectivity index (χ2n) is 7.21. The number of hydrogen-bond donors (Lipinski definition) is 2. The Hall–Kier alpha value is -4.46. The molecule has 6 aromatic rings. The van der Waals surface area contributed by atoms with E-state index in [4.69, 9.17) is 9.97 Å². The first-order chi connectivity index (χ1) is 15.3. The van der Waals surface area contributed by atoms with Gasteiger partial charge >= 0.3 is 0 Å². The van der Waals surface area contributed by atoms with E-state index in [0.29, 0.717) is 11.5 Å². The summed E-state index contributed by atoms with van der Waals surface area (Å²) in [6.07, 6.45) is 7.10. The third kappa shape index (κ3) is 2.84. The number of rotatable bonds is 3. The Labute approximate surface area is 176 Å². The van der Waals surface area contributed by atoms with Crippen molar-refractivity contribution in [2.24, 2.45) is 0 Å². The van der Waals surface area contributed by atoms with E-state index in [0.717, 1.165) is 50.3 Å². The largest absolute Gasteiger partial charge is 0.336 e. The summed E-state index contributed by atoms with van der Waals surface area (Å²) in [4.78, 5) is 26.2. The van der Waals surface area contributed by atoms with Crippen molar-refractivity contribution in [3.05, 3.63) is 72.8 Å². The summed E-state index contributed by atoms with van der Waals surface area (Å²) in [6, 6.07) is 13.5. The quantitative estimate of drug-likeness (QED) is 0.454. The number of hydrogen-bond acceptors (Lipinski definition) is 6. The summed E-state index contributed by atoms with van der Waals surface area (Å²) in [5, 5.41) is 7.54. The van der Waals surface area contributed by atoms with Crippen molar-refractivity contribution >= 4 is 22.1 Å². The molecule has 31 heavy (non-hydrogen) atoms. The number of aryl methyl sites for hydroxylation is 1. The molecule has 0 unspecified atom stereocenters. The Morgan fingerprint density at radius 3 is 2.55 bits per heavy atom. The van der Waals surface area contributed by atoms with Crippen molar-refractivity contribution in [3.63, 3.8) is 0 Å². The van der Waals surface area contributed by atoms with Gasteiger partial charge in [-0.15, -0.1) is 0 Å². The maximum atomic E-state index is 4.87. The van der Waals surface area contributed by atoms with Gasteiger partial charge in [-0.1, -0.05) is 6.07 Å². The third-order valence-electron chi connectivity index (χ3n) is 5.26. The van der Waals surface area contributed by atoms with Crippen LogP contribution in [0.3, 0.4) is 0 Å². The molecule has 0 aliphatic heterocycles. The summed E-state index contributed by atoms with van der Waals surface area (Å²) in [6.45, 7) is 2.05. The standard InChI is InChI=1S/C23H16N8/c1-13-7-10-24-12-14(13)15-5-6-18-21(27-15)22(31-30-18)23-28-17-8-11-26-19(20(17)29-23)16-4-2-3-9-25-16/h2-12H,1H3,(H,28,29)(H,30,31). The molecule has 0 fully saturated rings. The average molecular weight is 404 g/mol. The van der Waals surface area contributed by atoms with Gasteiger partial charge in [0.15, 0.2) is 11.5 Å². The molecular formula is C23H16N8. The van der Waals surface area contributed by atoms with Crippen molar-refractivity contribution in [2.45, 2.75) is 6.92 Å². The molecule has 2 N–H and O–H groups in total. The molecule has 0 radical (unpaired) electrons. The van der Waals surface area contributed by atoms with Crippen LogP contribution in [0.2, 0.25) is 0 Å². The first-order valence-corrected chi connectivity index (χ1v) is 9.80. The van der Waals surface area contributed by atoms with Gasteiger partial charge in [0.05, 0.1) is 22.4 Å². The van der Waals surface area contributed by atoms with Gasteiger partial charge < -0.3 is 4.98 Å². The third-order valence-corrected chi connectivity index (χ3v) is 5.26. The zero-order valence-electron chi connectivity index (χ0n) is 16.5. The minimum atomic E-state index is 0.624. The molecular weight excluding hydrogens is 388 g/mol. The number of aromatic nitrogens is 8. The van der Waals surface area contributed by atoms with Crippen LogP contribution >= 0.6 is 0 Å². The lowest BCUT2D eigenvalue weighted by Gasteiger charge is -2.04. The van der Waals surface area contributed by atoms with Gasteiger partial charge in [0.2, 0.25) is 0 Å². The Kier molecular flexibility index (Phi) is 3.82. The molecule has 0 amide bonds. The molecule has 0 aliphatic carbocycles. The van der Waals surface area contributed by atoms with E-state index in [-0.39, 0.29) is 0 Å². The van der Waals surface area contributed by atoms with Gasteiger partial charge in [0.1, 0.15) is 16.7 Å². The molecule has 8 nitrogen and oxygen atoms in total. The van der Waals surface area contributed by atoms with Gasteiger partial charge in [-0.3, -0.25) is 20.1 Å². The zero-order valence-corrected chi connectivity index (χ0v) is 16.5. The number of pyridine rings is 4. The predicted molar refractivity (Wildman–Crippen MR) is 118 cm³/mol. The summed E-state index contributed by atoms with van der Waals surface area (Å²) >= 11 is 0. The topological polar surface area (TPSA) is 109 Å². The SMILES string of the molecule is Cc1ccncc1-c1ccc2[nH]nc(-c3nc4c(-c5ccccn5)nccc4[nH]3)c2n1. The second kappa shape index (κ2) is 6.81. The Morgan fingerprint density at radius 2 is 1.68 bits per heavy atom. The predicted octanol–water partition coefficient (Wildman–Crippen LogP) is 4.33. The van der Waals surface area contributed by atoms with Gasteiger partial charge in [-0.05, 0) is 48.9 Å². The Balaban J connectivity index is 1.52. The fraction of sp³-hybridized carbons (Fsp3) is 0.0435. The number of H-pyrrole nitrogens is 2. The van der Waals surface area contributed by atoms with E-state index in [1.807, 2.05) is 55.6 Å². The highest BCUT2D eigenvalue weighted by molar-refractivity contribution is 5.94. The molecule has 0 bridgehead atoms. The van der Waals surface area contributed by atoms with E-state index >= 15 is 0 Å². The van der Waals surface area contributed by atoms with Crippen LogP contribution in [0.1, 0.15) is 5.56 Å². The molecule has 0 aliphatic rings. The Bertz CT molecular complexity index is 1550. The fourth-order valence-corrected chi connectivity index (χ4v) is 3.68. The second-order valence-corrected chi connectivity index (χ2v) is 7.21. The maximum absolute atomic E-state index is 4.87. The van der Waals surface area contributed by atoms with Crippen LogP contribution in [-0.2, 0) is 0 Å². The van der Waals surface area contributed by atoms with Crippen molar-refractivity contribution in [1.29, 1.82) is 0 Å². The molecule has 0 aromatic carbocycles. The number of aromatic amines is 2. The van der Waals surface area contributed by atoms with Crippen molar-refractivity contribution in [2.75, 3.05) is 0 Å². The highest BCUT2D eigenvalue weighted by Crippen LogP contribution is 2.30. The smallest absolute Gasteiger partial charge is 0.161 e. The lowest BCUT2D eigenvalue weighted by atomic mass is 10.1. The molecule has 6 rings (SSSR count). The lowest BCUT2D eigenvalue weighted by Crippen LogP contribution is -1.90. The van der Waals surface area contributed by atoms with Crippen LogP contribution in [0.15, 0.2) is 67.3 Å². The first kappa shape index (κ1) is 17.4. The van der Waals surface area contributed by atoms with Crippen molar-refractivity contribution < 1.29 is 0 Å². The van der Waals surface area contributed by atoms with E-state index in [1.54, 1.807) is 18.6 Å². The summed E-state index contributed by atoms with van der Waals surface area (Å²) in [5.74, 6) is 0.624. The van der Waals surface area contributed by atoms with Crippen LogP contribution < -0.4 is 0 Å². The minimum Gasteiger partial charge on any atom is -0.336 e. The highest BCUT2D eigenvalue weighted by Gasteiger charge is 2.17. The van der Waals surface area contributed by atoms with E-state index < -0.39 is 0 Å². The monoisotopic (exact) mass is 404 g/mol. The van der Waals surface area contributed by atoms with Gasteiger partial charge in [-0.2, -0.15) is 5.10 Å². The number of imidazole rings is 1. The van der Waals surface area contributed by atoms with E-state index in [1.165, 1.54) is 0 Å². The van der Waals surface area contributed by atoms with Crippen molar-refractivity contribution in [1.82, 2.24) is 40.1 Å². The summed E-state index contributed by atoms with van der Waals surface area (Å²) in [5.41, 5.74) is 8.27. The van der Waals surface area contributed by atoms with Crippen LogP contribution in [-0.4, -0.2) is 40.1 Å². The molecule has 0 saturated heterocycles. The molecule has 0 spiro atoms. The van der Waals surface area contributed by atoms with Crippen LogP contribution in [0.4, 0.5) is 0 Å². The molecule has 6 aromatic heterocycles. The lowest BCUT2D eigenvalue weighted by molar-refractivity contribution is 1.10. The number of fused-ring (bicyclic) bond motifs is 2. The fourth-order valence-electron chi connectivity index (χ4n) is 3.68. The molecule has 148 valence electrons. The van der Waals surface area contributed by atoms with Crippen molar-refractivity contribution in [3.8, 4) is 34.2 Å². The zero-order chi connectivity index (χ0) is 20.8. The number of nitrogens with one attached hydrogen (secondary N) is 2. The van der Waals surface area contributed by atoms with Crippen LogP contribution in [0.5, 0.6) is 0 Å². The van der Waals surface area contributed by atoms with Crippen LogP contribution in [0.25, 0.3) is 56.2 Å². The van der Waals surface area contributed by atoms with E-state index in [9.17, 15) is 0 Å². The molecule has 8 heteroatoms. The normalized spacial score (nSPS) is 11.4. The molecule has 0 atom stereocenters.